The summed E-state index contributed by atoms with van der Waals surface area (Å²) in [5, 5.41) is 12.2. The van der Waals surface area contributed by atoms with Gasteiger partial charge in [-0.25, -0.2) is 4.79 Å². The Morgan fingerprint density at radius 2 is 0.974 bits per heavy atom. The second kappa shape index (κ2) is 27.9. The monoisotopic (exact) mass is 555 g/mol. The van der Waals surface area contributed by atoms with Gasteiger partial charge in [0.1, 0.15) is 25.4 Å². The van der Waals surface area contributed by atoms with Gasteiger partial charge in [-0.3, -0.25) is 9.59 Å². The number of aliphatic hydroxyl groups excluding tert-OH is 1. The molecular formula is C32H61NO6. The van der Waals surface area contributed by atoms with Crippen molar-refractivity contribution in [1.29, 1.82) is 0 Å². The number of hydrogen-bond acceptors (Lipinski definition) is 6. The Morgan fingerprint density at radius 1 is 0.615 bits per heavy atom. The Labute approximate surface area is 239 Å². The molecule has 0 aliphatic heterocycles. The van der Waals surface area contributed by atoms with Crippen LogP contribution < -0.4 is 5.32 Å². The van der Waals surface area contributed by atoms with E-state index >= 15 is 0 Å². The fraction of sp³-hybridized carbons (Fsp3) is 0.906. The van der Waals surface area contributed by atoms with Crippen LogP contribution in [-0.4, -0.2) is 48.3 Å². The summed E-state index contributed by atoms with van der Waals surface area (Å²) in [6.07, 6.45) is 27.1. The standard InChI is InChI=1S/C32H61NO6/c1-4-5-6-7-8-9-10-11-12-13-14-15-16-17-18-19-20-21-22-23-24-25-31(36)38-26-30(35)27-39-32(37)28(2)33-29(3)34/h28,30,35H,4-27H2,1-3H3,(H,33,34)/t28-,30?/m0/s1. The normalized spacial score (nSPS) is 12.6. The summed E-state index contributed by atoms with van der Waals surface area (Å²) < 4.78 is 9.97. The SMILES string of the molecule is CCCCCCCCCCCCCCCCCCCCCCCC(=O)OCC(O)COC(=O)[C@H](C)NC(C)=O. The summed E-state index contributed by atoms with van der Waals surface area (Å²) in [5.41, 5.74) is 0. The number of rotatable bonds is 28. The van der Waals surface area contributed by atoms with Crippen LogP contribution in [0.5, 0.6) is 0 Å². The number of nitrogens with one attached hydrogen (secondary N) is 1. The van der Waals surface area contributed by atoms with E-state index < -0.39 is 18.1 Å². The van der Waals surface area contributed by atoms with E-state index in [0.717, 1.165) is 19.3 Å². The molecular weight excluding hydrogens is 494 g/mol. The van der Waals surface area contributed by atoms with E-state index in [1.807, 2.05) is 0 Å². The van der Waals surface area contributed by atoms with Gasteiger partial charge in [0.15, 0.2) is 0 Å². The molecule has 0 saturated carbocycles. The summed E-state index contributed by atoms with van der Waals surface area (Å²) in [6, 6.07) is -0.790. The highest BCUT2D eigenvalue weighted by molar-refractivity contribution is 5.82. The molecule has 0 heterocycles. The van der Waals surface area contributed by atoms with Gasteiger partial charge in [-0.1, -0.05) is 135 Å². The van der Waals surface area contributed by atoms with Crippen molar-refractivity contribution in [3.63, 3.8) is 0 Å². The molecule has 0 fully saturated rings. The molecule has 0 rings (SSSR count). The van der Waals surface area contributed by atoms with Gasteiger partial charge in [0.2, 0.25) is 5.91 Å². The first kappa shape index (κ1) is 37.4. The van der Waals surface area contributed by atoms with E-state index in [9.17, 15) is 19.5 Å². The molecule has 0 aromatic carbocycles. The predicted octanol–water partition coefficient (Wildman–Crippen LogP) is 7.56. The van der Waals surface area contributed by atoms with Gasteiger partial charge in [-0.15, -0.1) is 0 Å². The molecule has 0 aromatic rings. The Kier molecular flexibility index (Phi) is 26.8. The number of hydrogen-bond donors (Lipinski definition) is 2. The van der Waals surface area contributed by atoms with E-state index in [1.54, 1.807) is 0 Å². The first-order valence-corrected chi connectivity index (χ1v) is 16.1. The van der Waals surface area contributed by atoms with Crippen LogP contribution >= 0.6 is 0 Å². The maximum atomic E-state index is 11.8. The molecule has 0 radical (unpaired) electrons. The molecule has 0 aliphatic carbocycles. The number of esters is 2. The van der Waals surface area contributed by atoms with Crippen LogP contribution in [0.2, 0.25) is 0 Å². The minimum absolute atomic E-state index is 0.208. The summed E-state index contributed by atoms with van der Waals surface area (Å²) in [7, 11) is 0. The van der Waals surface area contributed by atoms with Crippen molar-refractivity contribution in [3.8, 4) is 0 Å². The zero-order valence-electron chi connectivity index (χ0n) is 25.6. The highest BCUT2D eigenvalue weighted by Crippen LogP contribution is 2.15. The van der Waals surface area contributed by atoms with E-state index in [1.165, 1.54) is 129 Å². The number of unbranched alkanes of at least 4 members (excludes halogenated alkanes) is 20. The number of amides is 1. The lowest BCUT2D eigenvalue weighted by molar-refractivity contribution is -0.154. The summed E-state index contributed by atoms with van der Waals surface area (Å²) in [6.45, 7) is 4.59. The number of ether oxygens (including phenoxy) is 2. The smallest absolute Gasteiger partial charge is 0.328 e. The van der Waals surface area contributed by atoms with Crippen LogP contribution in [0.4, 0.5) is 0 Å². The molecule has 0 bridgehead atoms. The molecule has 1 unspecified atom stereocenters. The predicted molar refractivity (Wildman–Crippen MR) is 158 cm³/mol. The molecule has 2 atom stereocenters. The molecule has 230 valence electrons. The van der Waals surface area contributed by atoms with Crippen molar-refractivity contribution in [3.05, 3.63) is 0 Å². The first-order valence-electron chi connectivity index (χ1n) is 16.1. The molecule has 7 nitrogen and oxygen atoms in total. The molecule has 39 heavy (non-hydrogen) atoms. The first-order chi connectivity index (χ1) is 18.9. The summed E-state index contributed by atoms with van der Waals surface area (Å²) in [5.74, 6) is -1.32. The third-order valence-electron chi connectivity index (χ3n) is 7.11. The molecule has 0 spiro atoms. The van der Waals surface area contributed by atoms with Gasteiger partial charge in [-0.05, 0) is 13.3 Å². The van der Waals surface area contributed by atoms with Crippen molar-refractivity contribution in [2.24, 2.45) is 0 Å². The van der Waals surface area contributed by atoms with Crippen LogP contribution in [-0.2, 0) is 23.9 Å². The van der Waals surface area contributed by atoms with Crippen LogP contribution in [0, 0.1) is 0 Å². The average molecular weight is 556 g/mol. The average Bonchev–Trinajstić information content (AvgIpc) is 2.90. The maximum absolute atomic E-state index is 11.8. The van der Waals surface area contributed by atoms with Crippen molar-refractivity contribution < 1.29 is 29.0 Å². The lowest BCUT2D eigenvalue weighted by Gasteiger charge is -2.15. The van der Waals surface area contributed by atoms with Crippen LogP contribution in [0.1, 0.15) is 162 Å². The Bertz CT molecular complexity index is 597. The van der Waals surface area contributed by atoms with E-state index in [2.05, 4.69) is 12.2 Å². The van der Waals surface area contributed by atoms with Gasteiger partial charge < -0.3 is 19.9 Å². The van der Waals surface area contributed by atoms with Gasteiger partial charge in [0, 0.05) is 13.3 Å². The van der Waals surface area contributed by atoms with Gasteiger partial charge in [-0.2, -0.15) is 0 Å². The number of carbonyl (C=O) groups excluding carboxylic acids is 3. The fourth-order valence-electron chi connectivity index (χ4n) is 4.68. The van der Waals surface area contributed by atoms with Crippen LogP contribution in [0.15, 0.2) is 0 Å². The molecule has 0 aliphatic rings. The van der Waals surface area contributed by atoms with Crippen LogP contribution in [0.25, 0.3) is 0 Å². The zero-order valence-corrected chi connectivity index (χ0v) is 25.6. The highest BCUT2D eigenvalue weighted by Gasteiger charge is 2.17. The fourth-order valence-corrected chi connectivity index (χ4v) is 4.68. The lowest BCUT2D eigenvalue weighted by atomic mass is 10.0. The quantitative estimate of drug-likeness (QED) is 0.0763. The zero-order chi connectivity index (χ0) is 29.0. The third-order valence-corrected chi connectivity index (χ3v) is 7.11. The van der Waals surface area contributed by atoms with E-state index in [-0.39, 0.29) is 25.1 Å². The number of carbonyl (C=O) groups is 3. The summed E-state index contributed by atoms with van der Waals surface area (Å²) >= 11 is 0. The molecule has 2 N–H and O–H groups in total. The van der Waals surface area contributed by atoms with E-state index in [0.29, 0.717) is 6.42 Å². The number of aliphatic hydroxyl groups is 1. The summed E-state index contributed by atoms with van der Waals surface area (Å²) in [4.78, 5) is 34.4. The van der Waals surface area contributed by atoms with E-state index in [4.69, 9.17) is 9.47 Å². The Balaban J connectivity index is 3.35. The molecule has 1 amide bonds. The van der Waals surface area contributed by atoms with Crippen molar-refractivity contribution in [2.75, 3.05) is 13.2 Å². The molecule has 0 saturated heterocycles. The Hall–Kier alpha value is -1.63. The highest BCUT2D eigenvalue weighted by atomic mass is 16.6. The van der Waals surface area contributed by atoms with Crippen LogP contribution in [0.3, 0.4) is 0 Å². The van der Waals surface area contributed by atoms with Gasteiger partial charge in [0.25, 0.3) is 0 Å². The topological polar surface area (TPSA) is 102 Å². The van der Waals surface area contributed by atoms with Crippen molar-refractivity contribution in [2.45, 2.75) is 174 Å². The largest absolute Gasteiger partial charge is 0.463 e. The second-order valence-corrected chi connectivity index (χ2v) is 11.2. The van der Waals surface area contributed by atoms with Gasteiger partial charge >= 0.3 is 11.9 Å². The maximum Gasteiger partial charge on any atom is 0.328 e. The molecule has 0 aromatic heterocycles. The van der Waals surface area contributed by atoms with Crippen molar-refractivity contribution >= 4 is 17.8 Å². The minimum Gasteiger partial charge on any atom is -0.463 e. The second-order valence-electron chi connectivity index (χ2n) is 11.2. The Morgan fingerprint density at radius 3 is 1.36 bits per heavy atom. The van der Waals surface area contributed by atoms with Gasteiger partial charge in [0.05, 0.1) is 0 Å². The van der Waals surface area contributed by atoms with Crippen molar-refractivity contribution in [1.82, 2.24) is 5.32 Å². The third kappa shape index (κ3) is 27.7. The minimum atomic E-state index is -1.08. The lowest BCUT2D eigenvalue weighted by Crippen LogP contribution is -2.39. The molecule has 7 heteroatoms.